The second-order valence-corrected chi connectivity index (χ2v) is 25.7. The number of unbranched alkanes of at least 4 members (excludes halogenated alkanes) is 7. The third kappa shape index (κ3) is 15.2. The largest absolute Gasteiger partial charge is 0.508 e. The van der Waals surface area contributed by atoms with Crippen LogP contribution >= 0.6 is 23.2 Å². The molecule has 30 heteroatoms. The molecule has 28 nitrogen and oxygen atoms in total. The highest BCUT2D eigenvalue weighted by Gasteiger charge is 2.42. The molecule has 530 valence electrons. The number of carbonyl (C=O) groups excluding carboxylic acids is 7. The highest BCUT2D eigenvalue weighted by atomic mass is 35.5. The number of fused-ring (bicyclic) bond motifs is 14. The Morgan fingerprint density at radius 1 is 0.559 bits per heavy atom. The quantitative estimate of drug-likeness (QED) is 0.0378. The number of phenols is 6. The number of benzene rings is 7. The van der Waals surface area contributed by atoms with E-state index < -0.39 is 141 Å². The van der Waals surface area contributed by atoms with Gasteiger partial charge >= 0.3 is 5.97 Å². The standard InChI is InChI=1S/C72H69Cl2N9O19/c1-3-4-5-6-7-8-9-10-19-99-33-40-32-83(82-81-40)63-36-13-16-50(87)54(26-36)100-43-23-38(22-41(84)29-43)59-68(93)78-60-39-27-55(101-52-17-11-34(20-46(52)73)21-48(66(91)76-59)75-71(63)96)65(90)56(28-39)102-53-18-14-37(25-47(53)74)64(89)62-70(95)79-61(72(97)98-2)45-30-42(85)31-51(88)57(45)44-24-35(12-15-49(44)86)58(67(92)80-62)77-69(60)94/h11-18,20,22-32,48,58-64,84-90H,3-10,19,21,33H2,1-2H3,(H,75,96)(H,76,91)(H,77,94)(H,78,93)(H,79,95)(H,80,92)/t48-,58-,59+,60-,61-,62+,63+,64-/m1/s1. The fraction of sp³-hybridized carbons (Fsp3) is 0.292. The number of nitrogens with one attached hydrogen (secondary N) is 6. The lowest BCUT2D eigenvalue weighted by Crippen LogP contribution is -2.55. The van der Waals surface area contributed by atoms with Gasteiger partial charge in [0.25, 0.3) is 0 Å². The summed E-state index contributed by atoms with van der Waals surface area (Å²) in [7, 11) is 0.970. The number of nitrogens with zero attached hydrogens (tertiary/aromatic N) is 3. The predicted molar refractivity (Wildman–Crippen MR) is 363 cm³/mol. The van der Waals surface area contributed by atoms with Gasteiger partial charge in [0.05, 0.1) is 30.0 Å². The van der Waals surface area contributed by atoms with Gasteiger partial charge < -0.3 is 91.3 Å². The van der Waals surface area contributed by atoms with Crippen molar-refractivity contribution in [1.29, 1.82) is 0 Å². The number of esters is 1. The molecule has 8 aromatic rings. The van der Waals surface area contributed by atoms with Crippen LogP contribution in [0, 0.1) is 0 Å². The van der Waals surface area contributed by atoms with Crippen molar-refractivity contribution in [3.63, 3.8) is 0 Å². The van der Waals surface area contributed by atoms with Crippen LogP contribution in [0.1, 0.15) is 139 Å². The zero-order valence-electron chi connectivity index (χ0n) is 54.6. The third-order valence-corrected chi connectivity index (χ3v) is 18.4. The number of carbonyl (C=O) groups is 7. The summed E-state index contributed by atoms with van der Waals surface area (Å²) in [6, 6.07) is 9.21. The van der Waals surface area contributed by atoms with Crippen molar-refractivity contribution in [3.8, 4) is 80.1 Å². The number of halogens is 2. The van der Waals surface area contributed by atoms with Crippen LogP contribution in [-0.4, -0.2) is 118 Å². The first-order chi connectivity index (χ1) is 49.0. The first-order valence-corrected chi connectivity index (χ1v) is 33.4. The van der Waals surface area contributed by atoms with Crippen molar-refractivity contribution in [1.82, 2.24) is 46.9 Å². The van der Waals surface area contributed by atoms with Gasteiger partial charge in [0.15, 0.2) is 35.1 Å². The summed E-state index contributed by atoms with van der Waals surface area (Å²) in [6.07, 6.45) is 7.79. The molecule has 13 N–H and O–H groups in total. The summed E-state index contributed by atoms with van der Waals surface area (Å²) in [5, 5.41) is 105. The minimum Gasteiger partial charge on any atom is -0.508 e. The first kappa shape index (κ1) is 70.5. The predicted octanol–water partition coefficient (Wildman–Crippen LogP) is 8.91. The summed E-state index contributed by atoms with van der Waals surface area (Å²) in [5.41, 5.74) is -1.27. The van der Waals surface area contributed by atoms with E-state index in [4.69, 9.17) is 46.9 Å². The molecule has 7 heterocycles. The molecule has 14 rings (SSSR count). The van der Waals surface area contributed by atoms with Crippen molar-refractivity contribution in [2.75, 3.05) is 13.7 Å². The summed E-state index contributed by atoms with van der Waals surface area (Å²) < 4.78 is 31.1. The van der Waals surface area contributed by atoms with E-state index in [1.807, 2.05) is 0 Å². The van der Waals surface area contributed by atoms with Gasteiger partial charge in [-0.1, -0.05) is 105 Å². The fourth-order valence-corrected chi connectivity index (χ4v) is 13.1. The van der Waals surface area contributed by atoms with Crippen molar-refractivity contribution in [2.45, 2.75) is 120 Å². The van der Waals surface area contributed by atoms with Gasteiger partial charge in [-0.05, 0) is 119 Å². The Balaban J connectivity index is 0.992. The Labute approximate surface area is 591 Å². The fourth-order valence-electron chi connectivity index (χ4n) is 12.6. The first-order valence-electron chi connectivity index (χ1n) is 32.6. The van der Waals surface area contributed by atoms with E-state index >= 15 is 24.0 Å². The van der Waals surface area contributed by atoms with Crippen molar-refractivity contribution in [3.05, 3.63) is 176 Å². The molecule has 8 atom stereocenters. The van der Waals surface area contributed by atoms with Gasteiger partial charge in [-0.3, -0.25) is 28.8 Å². The van der Waals surface area contributed by atoms with Crippen LogP contribution in [0.15, 0.2) is 121 Å². The van der Waals surface area contributed by atoms with Crippen LogP contribution in [0.5, 0.6) is 69.0 Å². The van der Waals surface area contributed by atoms with Crippen LogP contribution in [0.25, 0.3) is 11.1 Å². The van der Waals surface area contributed by atoms with Gasteiger partial charge in [-0.25, -0.2) is 9.48 Å². The lowest BCUT2D eigenvalue weighted by atomic mass is 9.89. The van der Waals surface area contributed by atoms with E-state index in [0.29, 0.717) is 17.9 Å². The number of hydrogen-bond acceptors (Lipinski definition) is 21. The molecule has 0 unspecified atom stereocenters. The lowest BCUT2D eigenvalue weighted by Gasteiger charge is -2.31. The highest BCUT2D eigenvalue weighted by molar-refractivity contribution is 6.32. The van der Waals surface area contributed by atoms with Gasteiger partial charge in [-0.2, -0.15) is 0 Å². The summed E-state index contributed by atoms with van der Waals surface area (Å²) >= 11 is 13.9. The number of aromatic nitrogens is 3. The number of methoxy groups -OCH3 is 1. The van der Waals surface area contributed by atoms with Crippen LogP contribution in [0.3, 0.4) is 0 Å². The molecule has 0 fully saturated rings. The van der Waals surface area contributed by atoms with E-state index in [-0.39, 0.29) is 85.0 Å². The monoisotopic (exact) mass is 1430 g/mol. The molecular formula is C72H69Cl2N9O19. The maximum Gasteiger partial charge on any atom is 0.333 e. The second kappa shape index (κ2) is 30.2. The number of ether oxygens (including phenoxy) is 5. The maximum atomic E-state index is 16.0. The van der Waals surface area contributed by atoms with Crippen LogP contribution < -0.4 is 46.1 Å². The summed E-state index contributed by atoms with van der Waals surface area (Å²) in [6.45, 7) is 2.65. The average Bonchev–Trinajstić information content (AvgIpc) is 0.886. The molecule has 6 aliphatic heterocycles. The minimum absolute atomic E-state index is 0.0332. The highest BCUT2D eigenvalue weighted by Crippen LogP contribution is 2.48. The van der Waals surface area contributed by atoms with Crippen LogP contribution in [-0.2, 0) is 56.1 Å². The number of amides is 6. The number of aliphatic hydroxyl groups is 1. The van der Waals surface area contributed by atoms with Crippen molar-refractivity contribution < 1.29 is 93.0 Å². The topological polar surface area (TPSA) is 410 Å². The van der Waals surface area contributed by atoms with E-state index in [1.54, 1.807) is 0 Å². The zero-order chi connectivity index (χ0) is 72.2. The summed E-state index contributed by atoms with van der Waals surface area (Å²) in [5.74, 6) is -14.0. The molecule has 0 aliphatic carbocycles. The van der Waals surface area contributed by atoms with Crippen molar-refractivity contribution >= 4 is 64.6 Å². The normalized spacial score (nSPS) is 20.3. The Kier molecular flexibility index (Phi) is 20.9. The molecule has 7 aromatic carbocycles. The molecule has 0 spiro atoms. The molecule has 102 heavy (non-hydrogen) atoms. The van der Waals surface area contributed by atoms with E-state index in [1.165, 1.54) is 91.2 Å². The molecule has 0 saturated carbocycles. The Morgan fingerprint density at radius 3 is 1.86 bits per heavy atom. The maximum absolute atomic E-state index is 16.0. The van der Waals surface area contributed by atoms with E-state index in [9.17, 15) is 45.3 Å². The Hall–Kier alpha value is -11.3. The molecule has 0 radical (unpaired) electrons. The summed E-state index contributed by atoms with van der Waals surface area (Å²) in [4.78, 5) is 107. The molecule has 0 saturated heterocycles. The van der Waals surface area contributed by atoms with E-state index in [2.05, 4.69) is 49.1 Å². The number of phenolic OH excluding ortho intramolecular Hbond substituents is 6. The lowest BCUT2D eigenvalue weighted by molar-refractivity contribution is -0.146. The average molecular weight is 1440 g/mol. The van der Waals surface area contributed by atoms with E-state index in [0.717, 1.165) is 93.5 Å². The number of hydrogen-bond donors (Lipinski definition) is 13. The SMILES string of the molecule is CCCCCCCCCCOCc1cn([C@@H]2C(=O)N[C@@H]3Cc4ccc(c(Cl)c4)Oc4cc5cc(c4O)Oc4ccc(cc4Cl)[C@@H](O)[C@@H]4NC(=O)[C@H](NC(=O)[C@@H]5NC(=O)[C@@H](NC3=O)c3cc(O)cc(c3)Oc3cc2ccc3O)c2ccc(O)c(c2)-c2c(O)cc(O)cc2[C@H](C(=O)OC)NC4=O)nn1. The van der Waals surface area contributed by atoms with Gasteiger partial charge in [0.2, 0.25) is 41.2 Å². The molecule has 17 bridgehead atoms. The molecule has 6 amide bonds. The second-order valence-electron chi connectivity index (χ2n) is 24.9. The van der Waals surface area contributed by atoms with Crippen LogP contribution in [0.4, 0.5) is 0 Å². The minimum atomic E-state index is -2.18. The van der Waals surface area contributed by atoms with Crippen LogP contribution in [0.2, 0.25) is 10.0 Å². The van der Waals surface area contributed by atoms with Gasteiger partial charge in [0.1, 0.15) is 82.3 Å². The molecule has 6 aliphatic rings. The number of aliphatic hydroxyl groups excluding tert-OH is 1. The molecule has 1 aromatic heterocycles. The zero-order valence-corrected chi connectivity index (χ0v) is 56.1. The van der Waals surface area contributed by atoms with Gasteiger partial charge in [0, 0.05) is 41.9 Å². The number of aromatic hydroxyl groups is 6. The van der Waals surface area contributed by atoms with Gasteiger partial charge in [-0.15, -0.1) is 5.10 Å². The van der Waals surface area contributed by atoms with Crippen molar-refractivity contribution in [2.24, 2.45) is 0 Å². The third-order valence-electron chi connectivity index (χ3n) is 17.8. The Morgan fingerprint density at radius 2 is 1.17 bits per heavy atom. The number of rotatable bonds is 13. The smallest absolute Gasteiger partial charge is 0.333 e. The Bertz CT molecular complexity index is 4630. The molecular weight excluding hydrogens is 1370 g/mol.